The predicted molar refractivity (Wildman–Crippen MR) is 131 cm³/mol. The van der Waals surface area contributed by atoms with Gasteiger partial charge >= 0.3 is 0 Å². The highest BCUT2D eigenvalue weighted by atomic mass is 16.5. The Morgan fingerprint density at radius 2 is 1.00 bits per heavy atom. The molecule has 0 amide bonds. The lowest BCUT2D eigenvalue weighted by Crippen LogP contribution is -2.12. The highest BCUT2D eigenvalue weighted by Gasteiger charge is 2.17. The van der Waals surface area contributed by atoms with Crippen molar-refractivity contribution in [3.63, 3.8) is 0 Å². The van der Waals surface area contributed by atoms with Gasteiger partial charge in [0.05, 0.1) is 12.2 Å². The Bertz CT molecular complexity index is 690. The van der Waals surface area contributed by atoms with E-state index >= 15 is 0 Å². The van der Waals surface area contributed by atoms with Crippen LogP contribution in [0, 0.1) is 0 Å². The van der Waals surface area contributed by atoms with Crippen LogP contribution in [0.1, 0.15) is 90.2 Å². The molecule has 3 nitrogen and oxygen atoms in total. The van der Waals surface area contributed by atoms with Crippen molar-refractivity contribution in [3.8, 4) is 11.5 Å². The third kappa shape index (κ3) is 8.22. The van der Waals surface area contributed by atoms with Crippen LogP contribution in [0.25, 0.3) is 0 Å². The van der Waals surface area contributed by atoms with Crippen LogP contribution in [-0.2, 0) is 4.74 Å². The molecule has 3 heteroatoms. The van der Waals surface area contributed by atoms with E-state index in [9.17, 15) is 0 Å². The minimum absolute atomic E-state index is 0.184. The summed E-state index contributed by atoms with van der Waals surface area (Å²) >= 11 is 0. The lowest BCUT2D eigenvalue weighted by atomic mass is 9.92. The number of hydrogen-bond donors (Lipinski definition) is 0. The molecule has 31 heavy (non-hydrogen) atoms. The van der Waals surface area contributed by atoms with Crippen molar-refractivity contribution in [2.45, 2.75) is 91.3 Å². The molecule has 0 heterocycles. The van der Waals surface area contributed by atoms with Gasteiger partial charge in [-0.3, -0.25) is 0 Å². The quantitative estimate of drug-likeness (QED) is 0.289. The summed E-state index contributed by atoms with van der Waals surface area (Å²) in [6.45, 7) is 14.4. The van der Waals surface area contributed by atoms with Crippen LogP contribution >= 0.6 is 0 Å². The van der Waals surface area contributed by atoms with E-state index in [1.165, 1.54) is 11.1 Å². The maximum atomic E-state index is 6.10. The zero-order chi connectivity index (χ0) is 22.6. The van der Waals surface area contributed by atoms with Gasteiger partial charge in [0, 0.05) is 13.2 Å². The molecule has 2 rings (SSSR count). The molecule has 0 aliphatic heterocycles. The second-order valence-electron chi connectivity index (χ2n) is 8.81. The van der Waals surface area contributed by atoms with Crippen molar-refractivity contribution < 1.29 is 14.2 Å². The average Bonchev–Trinajstić information content (AvgIpc) is 2.74. The van der Waals surface area contributed by atoms with Gasteiger partial charge in [-0.05, 0) is 88.5 Å². The minimum Gasteiger partial charge on any atom is -0.491 e. The topological polar surface area (TPSA) is 27.7 Å². The van der Waals surface area contributed by atoms with Gasteiger partial charge in [0.15, 0.2) is 0 Å². The summed E-state index contributed by atoms with van der Waals surface area (Å²) in [5.74, 6) is 2.93. The Hall–Kier alpha value is -2.00. The minimum atomic E-state index is 0.184. The molecule has 0 saturated heterocycles. The smallest absolute Gasteiger partial charge is 0.123 e. The molecular formula is C28H42O3. The molecule has 0 spiro atoms. The summed E-state index contributed by atoms with van der Waals surface area (Å²) in [5, 5.41) is 0. The van der Waals surface area contributed by atoms with E-state index < -0.39 is 0 Å². The summed E-state index contributed by atoms with van der Waals surface area (Å²) in [7, 11) is 0. The van der Waals surface area contributed by atoms with Crippen LogP contribution in [0.4, 0.5) is 0 Å². The second kappa shape index (κ2) is 13.4. The van der Waals surface area contributed by atoms with E-state index in [1.54, 1.807) is 0 Å². The first-order valence-electron chi connectivity index (χ1n) is 12.0. The van der Waals surface area contributed by atoms with Gasteiger partial charge in [0.2, 0.25) is 0 Å². The Balaban J connectivity index is 1.88. The first-order valence-corrected chi connectivity index (χ1v) is 12.0. The fourth-order valence-corrected chi connectivity index (χ4v) is 4.07. The predicted octanol–water partition coefficient (Wildman–Crippen LogP) is 7.75. The third-order valence-corrected chi connectivity index (χ3v) is 5.65. The van der Waals surface area contributed by atoms with Crippen LogP contribution in [0.5, 0.6) is 11.5 Å². The van der Waals surface area contributed by atoms with Crippen molar-refractivity contribution >= 4 is 0 Å². The summed E-state index contributed by atoms with van der Waals surface area (Å²) in [6.07, 6.45) is 4.56. The van der Waals surface area contributed by atoms with E-state index in [4.69, 9.17) is 14.2 Å². The standard InChI is InChI=1S/C28H42O3/c1-7-23(25-13-9-11-15-27(25)30-21(3)4)17-19-29-20-18-24(8-2)26-14-10-12-16-28(26)31-22(5)6/h9-16,21-24H,7-8,17-20H2,1-6H3. The molecule has 0 radical (unpaired) electrons. The Labute approximate surface area is 190 Å². The monoisotopic (exact) mass is 426 g/mol. The number of hydrogen-bond acceptors (Lipinski definition) is 3. The van der Waals surface area contributed by atoms with Crippen molar-refractivity contribution in [1.29, 1.82) is 0 Å². The molecule has 0 saturated carbocycles. The third-order valence-electron chi connectivity index (χ3n) is 5.65. The van der Waals surface area contributed by atoms with Gasteiger partial charge in [-0.1, -0.05) is 50.2 Å². The van der Waals surface area contributed by atoms with E-state index in [1.807, 2.05) is 0 Å². The summed E-state index contributed by atoms with van der Waals surface area (Å²) in [5.41, 5.74) is 2.60. The number of ether oxygens (including phenoxy) is 3. The van der Waals surface area contributed by atoms with E-state index in [2.05, 4.69) is 90.1 Å². The molecule has 2 unspecified atom stereocenters. The van der Waals surface area contributed by atoms with Gasteiger partial charge in [0.25, 0.3) is 0 Å². The van der Waals surface area contributed by atoms with Crippen molar-refractivity contribution in [2.24, 2.45) is 0 Å². The molecule has 172 valence electrons. The average molecular weight is 427 g/mol. The van der Waals surface area contributed by atoms with Crippen molar-refractivity contribution in [2.75, 3.05) is 13.2 Å². The molecule has 0 N–H and O–H groups in total. The molecule has 0 fully saturated rings. The lowest BCUT2D eigenvalue weighted by molar-refractivity contribution is 0.118. The van der Waals surface area contributed by atoms with E-state index in [0.717, 1.165) is 50.4 Å². The van der Waals surface area contributed by atoms with Gasteiger partial charge in [-0.25, -0.2) is 0 Å². The first-order chi connectivity index (χ1) is 15.0. The molecule has 0 aliphatic carbocycles. The van der Waals surface area contributed by atoms with E-state index in [0.29, 0.717) is 11.8 Å². The summed E-state index contributed by atoms with van der Waals surface area (Å²) < 4.78 is 18.2. The molecule has 2 atom stereocenters. The maximum Gasteiger partial charge on any atom is 0.123 e. The molecule has 0 aliphatic rings. The molecule has 2 aromatic carbocycles. The zero-order valence-electron chi connectivity index (χ0n) is 20.4. The van der Waals surface area contributed by atoms with Crippen molar-refractivity contribution in [1.82, 2.24) is 0 Å². The lowest BCUT2D eigenvalue weighted by Gasteiger charge is -2.22. The number of para-hydroxylation sites is 2. The zero-order valence-corrected chi connectivity index (χ0v) is 20.4. The molecule has 2 aromatic rings. The van der Waals surface area contributed by atoms with Crippen LogP contribution in [0.15, 0.2) is 48.5 Å². The van der Waals surface area contributed by atoms with Crippen LogP contribution < -0.4 is 9.47 Å². The fourth-order valence-electron chi connectivity index (χ4n) is 4.07. The van der Waals surface area contributed by atoms with Gasteiger partial charge in [-0.15, -0.1) is 0 Å². The maximum absolute atomic E-state index is 6.10. The van der Waals surface area contributed by atoms with Crippen LogP contribution in [0.3, 0.4) is 0 Å². The van der Waals surface area contributed by atoms with Gasteiger partial charge in [0.1, 0.15) is 11.5 Å². The van der Waals surface area contributed by atoms with E-state index in [-0.39, 0.29) is 12.2 Å². The largest absolute Gasteiger partial charge is 0.491 e. The number of benzene rings is 2. The summed E-state index contributed by atoms with van der Waals surface area (Å²) in [4.78, 5) is 0. The highest BCUT2D eigenvalue weighted by Crippen LogP contribution is 2.33. The first kappa shape index (κ1) is 25.3. The van der Waals surface area contributed by atoms with Gasteiger partial charge in [-0.2, -0.15) is 0 Å². The number of rotatable bonds is 14. The van der Waals surface area contributed by atoms with Crippen molar-refractivity contribution in [3.05, 3.63) is 59.7 Å². The summed E-state index contributed by atoms with van der Waals surface area (Å²) in [6, 6.07) is 16.9. The SMILES string of the molecule is CCC(CCOCCC(CC)c1ccccc1OC(C)C)c1ccccc1OC(C)C. The molecule has 0 aromatic heterocycles. The fraction of sp³-hybridized carbons (Fsp3) is 0.571. The Morgan fingerprint density at radius 3 is 1.35 bits per heavy atom. The van der Waals surface area contributed by atoms with Gasteiger partial charge < -0.3 is 14.2 Å². The Morgan fingerprint density at radius 1 is 0.613 bits per heavy atom. The van der Waals surface area contributed by atoms with Crippen LogP contribution in [-0.4, -0.2) is 25.4 Å². The molecule has 0 bridgehead atoms. The highest BCUT2D eigenvalue weighted by molar-refractivity contribution is 5.37. The van der Waals surface area contributed by atoms with Crippen LogP contribution in [0.2, 0.25) is 0 Å². The molecular weight excluding hydrogens is 384 g/mol. The second-order valence-corrected chi connectivity index (χ2v) is 8.81. The normalized spacial score (nSPS) is 13.4. The Kier molecular flexibility index (Phi) is 10.9.